The molecule has 15 heavy (non-hydrogen) atoms. The summed E-state index contributed by atoms with van der Waals surface area (Å²) in [5.74, 6) is 2.08. The van der Waals surface area contributed by atoms with Crippen LogP contribution in [0.2, 0.25) is 0 Å². The van der Waals surface area contributed by atoms with Crippen molar-refractivity contribution in [2.45, 2.75) is 56.4 Å². The molecule has 0 aromatic carbocycles. The van der Waals surface area contributed by atoms with E-state index in [4.69, 9.17) is 10.5 Å². The van der Waals surface area contributed by atoms with E-state index in [9.17, 15) is 0 Å². The third-order valence-corrected chi connectivity index (χ3v) is 5.36. The first-order valence-electron chi connectivity index (χ1n) is 6.26. The first-order chi connectivity index (χ1) is 7.27. The van der Waals surface area contributed by atoms with E-state index < -0.39 is 0 Å². The van der Waals surface area contributed by atoms with Crippen LogP contribution in [-0.2, 0) is 4.74 Å². The smallest absolute Gasteiger partial charge is 0.0666 e. The first kappa shape index (κ1) is 11.7. The summed E-state index contributed by atoms with van der Waals surface area (Å²) in [5.41, 5.74) is 6.07. The van der Waals surface area contributed by atoms with Gasteiger partial charge in [0, 0.05) is 17.9 Å². The Balaban J connectivity index is 1.62. The van der Waals surface area contributed by atoms with Crippen LogP contribution in [-0.4, -0.2) is 29.8 Å². The molecule has 0 aromatic heterocycles. The maximum atomic E-state index is 6.07. The summed E-state index contributed by atoms with van der Waals surface area (Å²) in [6.07, 6.45) is 6.97. The lowest BCUT2D eigenvalue weighted by Gasteiger charge is -2.17. The van der Waals surface area contributed by atoms with Gasteiger partial charge >= 0.3 is 0 Å². The van der Waals surface area contributed by atoms with Crippen molar-refractivity contribution in [3.63, 3.8) is 0 Å². The van der Waals surface area contributed by atoms with E-state index in [-0.39, 0.29) is 0 Å². The Morgan fingerprint density at radius 2 is 2.20 bits per heavy atom. The molecule has 4 atom stereocenters. The average molecular weight is 229 g/mol. The van der Waals surface area contributed by atoms with Crippen molar-refractivity contribution in [1.82, 2.24) is 0 Å². The monoisotopic (exact) mass is 229 g/mol. The van der Waals surface area contributed by atoms with Crippen LogP contribution in [0.25, 0.3) is 0 Å². The van der Waals surface area contributed by atoms with Gasteiger partial charge < -0.3 is 10.5 Å². The highest BCUT2D eigenvalue weighted by molar-refractivity contribution is 7.99. The third kappa shape index (κ3) is 3.11. The van der Waals surface area contributed by atoms with Gasteiger partial charge in [0.05, 0.1) is 6.10 Å². The lowest BCUT2D eigenvalue weighted by molar-refractivity contribution is 0.127. The van der Waals surface area contributed by atoms with E-state index in [2.05, 4.69) is 18.7 Å². The summed E-state index contributed by atoms with van der Waals surface area (Å²) in [7, 11) is 0. The van der Waals surface area contributed by atoms with Crippen LogP contribution in [0, 0.1) is 5.92 Å². The minimum Gasteiger partial charge on any atom is -0.377 e. The molecule has 2 N–H and O–H groups in total. The van der Waals surface area contributed by atoms with Crippen LogP contribution in [0.1, 0.15) is 39.0 Å². The molecular formula is C12H23NOS. The fraction of sp³-hybridized carbons (Fsp3) is 1.00. The van der Waals surface area contributed by atoms with E-state index in [0.29, 0.717) is 12.1 Å². The molecule has 1 aliphatic carbocycles. The predicted octanol–water partition coefficient (Wildman–Crippen LogP) is 2.41. The number of rotatable bonds is 4. The number of thioether (sulfide) groups is 1. The van der Waals surface area contributed by atoms with Crippen LogP contribution >= 0.6 is 11.8 Å². The molecule has 0 bridgehead atoms. The summed E-state index contributed by atoms with van der Waals surface area (Å²) in [6.45, 7) is 3.16. The summed E-state index contributed by atoms with van der Waals surface area (Å²) in [4.78, 5) is 0. The van der Waals surface area contributed by atoms with Crippen LogP contribution < -0.4 is 5.73 Å². The minimum absolute atomic E-state index is 0.465. The fourth-order valence-corrected chi connectivity index (χ4v) is 4.08. The van der Waals surface area contributed by atoms with Gasteiger partial charge in [0.15, 0.2) is 0 Å². The molecule has 1 aliphatic heterocycles. The Labute approximate surface area is 97.3 Å². The summed E-state index contributed by atoms with van der Waals surface area (Å²) >= 11 is 2.10. The molecule has 2 nitrogen and oxygen atoms in total. The van der Waals surface area contributed by atoms with Crippen molar-refractivity contribution < 1.29 is 4.74 Å². The molecule has 2 rings (SSSR count). The van der Waals surface area contributed by atoms with Gasteiger partial charge in [0.1, 0.15) is 0 Å². The molecule has 2 aliphatic rings. The zero-order chi connectivity index (χ0) is 10.7. The normalized spacial score (nSPS) is 41.2. The molecule has 1 saturated carbocycles. The van der Waals surface area contributed by atoms with Gasteiger partial charge in [0.2, 0.25) is 0 Å². The SMILES string of the molecule is CC1OCCC1SCCC1CCCC1N. The van der Waals surface area contributed by atoms with Crippen LogP contribution in [0.4, 0.5) is 0 Å². The maximum absolute atomic E-state index is 6.07. The lowest BCUT2D eigenvalue weighted by Crippen LogP contribution is -2.25. The maximum Gasteiger partial charge on any atom is 0.0666 e. The van der Waals surface area contributed by atoms with Crippen molar-refractivity contribution in [3.8, 4) is 0 Å². The van der Waals surface area contributed by atoms with Crippen LogP contribution in [0.15, 0.2) is 0 Å². The molecule has 2 fully saturated rings. The summed E-state index contributed by atoms with van der Waals surface area (Å²) in [6, 6.07) is 0.489. The third-order valence-electron chi connectivity index (χ3n) is 3.85. The molecule has 0 amide bonds. The van der Waals surface area contributed by atoms with Crippen molar-refractivity contribution >= 4 is 11.8 Å². The van der Waals surface area contributed by atoms with Gasteiger partial charge in [-0.05, 0) is 44.3 Å². The van der Waals surface area contributed by atoms with E-state index in [1.165, 1.54) is 37.9 Å². The Morgan fingerprint density at radius 1 is 1.33 bits per heavy atom. The van der Waals surface area contributed by atoms with Crippen LogP contribution in [0.3, 0.4) is 0 Å². The van der Waals surface area contributed by atoms with E-state index in [0.717, 1.165) is 17.8 Å². The topological polar surface area (TPSA) is 35.2 Å². The molecule has 4 unspecified atom stereocenters. The Morgan fingerprint density at radius 3 is 2.80 bits per heavy atom. The van der Waals surface area contributed by atoms with Gasteiger partial charge in [-0.1, -0.05) is 6.42 Å². The summed E-state index contributed by atoms with van der Waals surface area (Å²) in [5, 5.41) is 0.739. The van der Waals surface area contributed by atoms with Gasteiger partial charge in [-0.2, -0.15) is 11.8 Å². The fourth-order valence-electron chi connectivity index (χ4n) is 2.73. The molecule has 0 spiro atoms. The number of ether oxygens (including phenoxy) is 1. The Kier molecular flexibility index (Phi) is 4.35. The van der Waals surface area contributed by atoms with Gasteiger partial charge in [-0.25, -0.2) is 0 Å². The summed E-state index contributed by atoms with van der Waals surface area (Å²) < 4.78 is 5.56. The molecular weight excluding hydrogens is 206 g/mol. The Hall–Kier alpha value is 0.270. The second kappa shape index (κ2) is 5.55. The predicted molar refractivity (Wildman–Crippen MR) is 66.2 cm³/mol. The quantitative estimate of drug-likeness (QED) is 0.804. The van der Waals surface area contributed by atoms with Crippen molar-refractivity contribution in [1.29, 1.82) is 0 Å². The molecule has 88 valence electrons. The zero-order valence-electron chi connectivity index (χ0n) is 9.65. The molecule has 1 saturated heterocycles. The van der Waals surface area contributed by atoms with Crippen molar-refractivity contribution in [3.05, 3.63) is 0 Å². The van der Waals surface area contributed by atoms with Gasteiger partial charge in [0.25, 0.3) is 0 Å². The molecule has 1 heterocycles. The Bertz CT molecular complexity index is 180. The van der Waals surface area contributed by atoms with Gasteiger partial charge in [-0.15, -0.1) is 0 Å². The second-order valence-electron chi connectivity index (χ2n) is 4.92. The first-order valence-corrected chi connectivity index (χ1v) is 7.31. The number of nitrogens with two attached hydrogens (primary N) is 1. The molecule has 3 heteroatoms. The zero-order valence-corrected chi connectivity index (χ0v) is 10.5. The average Bonchev–Trinajstić information content (AvgIpc) is 2.78. The van der Waals surface area contributed by atoms with E-state index in [1.807, 2.05) is 0 Å². The van der Waals surface area contributed by atoms with E-state index >= 15 is 0 Å². The largest absolute Gasteiger partial charge is 0.377 e. The second-order valence-corrected chi connectivity index (χ2v) is 6.26. The molecule has 0 radical (unpaired) electrons. The van der Waals surface area contributed by atoms with Crippen molar-refractivity contribution in [2.24, 2.45) is 11.7 Å². The number of hydrogen-bond donors (Lipinski definition) is 1. The van der Waals surface area contributed by atoms with E-state index in [1.54, 1.807) is 0 Å². The number of hydrogen-bond acceptors (Lipinski definition) is 3. The highest BCUT2D eigenvalue weighted by Crippen LogP contribution is 2.31. The van der Waals surface area contributed by atoms with Crippen molar-refractivity contribution in [2.75, 3.05) is 12.4 Å². The minimum atomic E-state index is 0.465. The highest BCUT2D eigenvalue weighted by Gasteiger charge is 2.26. The van der Waals surface area contributed by atoms with Crippen LogP contribution in [0.5, 0.6) is 0 Å². The molecule has 0 aromatic rings. The standard InChI is InChI=1S/C12H23NOS/c1-9-12(5-7-14-9)15-8-6-10-3-2-4-11(10)13/h9-12H,2-8,13H2,1H3. The highest BCUT2D eigenvalue weighted by atomic mass is 32.2. The van der Waals surface area contributed by atoms with Gasteiger partial charge in [-0.3, -0.25) is 0 Å². The lowest BCUT2D eigenvalue weighted by atomic mass is 10.0.